The molecular weight excluding hydrogens is 266 g/mol. The number of hydrogen-bond acceptors (Lipinski definition) is 2. The van der Waals surface area contributed by atoms with Gasteiger partial charge in [0.15, 0.2) is 0 Å². The van der Waals surface area contributed by atoms with Crippen molar-refractivity contribution in [3.8, 4) is 0 Å². The molecule has 0 fully saturated rings. The van der Waals surface area contributed by atoms with Gasteiger partial charge in [0.05, 0.1) is 0 Å². The molecule has 1 aromatic carbocycles. The molecule has 2 rings (SSSR count). The average molecular weight is 275 g/mol. The molecule has 12 heavy (non-hydrogen) atoms. The summed E-state index contributed by atoms with van der Waals surface area (Å²) in [5.74, 6) is 0. The van der Waals surface area contributed by atoms with Crippen LogP contribution in [0.2, 0.25) is 0 Å². The molecule has 0 unspecified atom stereocenters. The Bertz CT molecular complexity index is 303. The van der Waals surface area contributed by atoms with Gasteiger partial charge in [-0.05, 0) is 0 Å². The van der Waals surface area contributed by atoms with Crippen molar-refractivity contribution in [3.63, 3.8) is 0 Å². The molecule has 2 nitrogen and oxygen atoms in total. The van der Waals surface area contributed by atoms with Crippen LogP contribution in [0.3, 0.4) is 0 Å². The standard InChI is InChI=1S/C8H9BIO2/c1-10-7-4-2-3-6-5-12-9(11)8(6)7/h2-4,11H,5H2,1H3/q-1. The van der Waals surface area contributed by atoms with Crippen LogP contribution in [0.1, 0.15) is 5.56 Å². The third-order valence-electron chi connectivity index (χ3n) is 1.99. The fraction of sp³-hybridized carbons (Fsp3) is 0.250. The van der Waals surface area contributed by atoms with Crippen molar-refractivity contribution in [2.75, 3.05) is 4.93 Å². The predicted molar refractivity (Wildman–Crippen MR) is 43.5 cm³/mol. The summed E-state index contributed by atoms with van der Waals surface area (Å²) in [6.45, 7) is 0.564. The van der Waals surface area contributed by atoms with E-state index in [9.17, 15) is 5.02 Å². The van der Waals surface area contributed by atoms with E-state index in [2.05, 4.69) is 11.0 Å². The summed E-state index contributed by atoms with van der Waals surface area (Å²) < 4.78 is 6.44. The van der Waals surface area contributed by atoms with Crippen LogP contribution in [0.5, 0.6) is 0 Å². The Balaban J connectivity index is 2.53. The first-order chi connectivity index (χ1) is 5.83. The number of benzene rings is 1. The van der Waals surface area contributed by atoms with Gasteiger partial charge in [0.1, 0.15) is 0 Å². The summed E-state index contributed by atoms with van der Waals surface area (Å²) in [5, 5.41) is 9.49. The summed E-state index contributed by atoms with van der Waals surface area (Å²) in [5.41, 5.74) is 2.19. The molecule has 0 radical (unpaired) electrons. The van der Waals surface area contributed by atoms with Crippen LogP contribution in [0.25, 0.3) is 0 Å². The summed E-state index contributed by atoms with van der Waals surface area (Å²) in [4.78, 5) is 2.19. The molecule has 0 aromatic heterocycles. The van der Waals surface area contributed by atoms with E-state index >= 15 is 0 Å². The van der Waals surface area contributed by atoms with Crippen molar-refractivity contribution < 1.29 is 30.9 Å². The van der Waals surface area contributed by atoms with Crippen molar-refractivity contribution >= 4 is 12.6 Å². The second kappa shape index (κ2) is 3.36. The van der Waals surface area contributed by atoms with E-state index in [1.807, 2.05) is 12.1 Å². The van der Waals surface area contributed by atoms with Crippen molar-refractivity contribution in [3.05, 3.63) is 27.3 Å². The minimum absolute atomic E-state index is 0.0373. The van der Waals surface area contributed by atoms with Gasteiger partial charge in [-0.15, -0.1) is 0 Å². The number of hydrogen-bond donors (Lipinski definition) is 1. The maximum atomic E-state index is 9.49. The fourth-order valence-electron chi connectivity index (χ4n) is 1.40. The molecule has 0 bridgehead atoms. The molecule has 0 atom stereocenters. The second-order valence-electron chi connectivity index (χ2n) is 2.66. The van der Waals surface area contributed by atoms with Crippen molar-refractivity contribution in [2.24, 2.45) is 0 Å². The maximum absolute atomic E-state index is 9.49. The summed E-state index contributed by atoms with van der Waals surface area (Å²) in [6.07, 6.45) is 0. The molecule has 0 saturated heterocycles. The van der Waals surface area contributed by atoms with E-state index in [0.717, 1.165) is 11.0 Å². The third-order valence-corrected chi connectivity index (χ3v) is 4.09. The van der Waals surface area contributed by atoms with Gasteiger partial charge in [0.25, 0.3) is 0 Å². The van der Waals surface area contributed by atoms with Crippen LogP contribution in [0.4, 0.5) is 0 Å². The molecule has 1 aromatic rings. The zero-order valence-electron chi connectivity index (χ0n) is 6.75. The number of halogens is 1. The average Bonchev–Trinajstić information content (AvgIpc) is 2.48. The minimum atomic E-state index is -0.671. The Morgan fingerprint density at radius 3 is 3.17 bits per heavy atom. The van der Waals surface area contributed by atoms with E-state index in [4.69, 9.17) is 4.65 Å². The van der Waals surface area contributed by atoms with Crippen LogP contribution >= 0.6 is 0 Å². The SMILES string of the molecule is C[I-]c1cccc2c1B(O)OC2. The van der Waals surface area contributed by atoms with Crippen molar-refractivity contribution in [1.29, 1.82) is 0 Å². The van der Waals surface area contributed by atoms with Gasteiger partial charge in [-0.3, -0.25) is 0 Å². The van der Waals surface area contributed by atoms with Crippen LogP contribution < -0.4 is 26.7 Å². The molecule has 1 heterocycles. The summed E-state index contributed by atoms with van der Waals surface area (Å²) in [7, 11) is -0.671. The van der Waals surface area contributed by atoms with Gasteiger partial charge in [0, 0.05) is 0 Å². The summed E-state index contributed by atoms with van der Waals surface area (Å²) >= 11 is 0.0373. The zero-order chi connectivity index (χ0) is 8.55. The predicted octanol–water partition coefficient (Wildman–Crippen LogP) is -3.21. The Morgan fingerprint density at radius 1 is 1.58 bits per heavy atom. The molecule has 1 N–H and O–H groups in total. The Kier molecular flexibility index (Phi) is 2.39. The quantitative estimate of drug-likeness (QED) is 0.332. The van der Waals surface area contributed by atoms with Crippen LogP contribution in [-0.4, -0.2) is 17.1 Å². The fourth-order valence-corrected chi connectivity index (χ4v) is 3.16. The van der Waals surface area contributed by atoms with Gasteiger partial charge < -0.3 is 0 Å². The first-order valence-corrected chi connectivity index (χ1v) is 6.97. The van der Waals surface area contributed by atoms with Crippen LogP contribution in [-0.2, 0) is 11.3 Å². The molecule has 64 valence electrons. The molecular formula is C8H9BIO2-. The molecule has 4 heteroatoms. The number of alkyl halides is 1. The number of rotatable bonds is 1. The van der Waals surface area contributed by atoms with E-state index in [-0.39, 0.29) is 21.2 Å². The van der Waals surface area contributed by atoms with Crippen molar-refractivity contribution in [2.45, 2.75) is 6.61 Å². The van der Waals surface area contributed by atoms with Crippen molar-refractivity contribution in [1.82, 2.24) is 0 Å². The molecule has 0 spiro atoms. The monoisotopic (exact) mass is 275 g/mol. The Labute approximate surface area is 82.3 Å². The molecule has 1 aliphatic heterocycles. The molecule has 0 amide bonds. The van der Waals surface area contributed by atoms with Gasteiger partial charge in [-0.2, -0.15) is 0 Å². The normalized spacial score (nSPS) is 15.3. The zero-order valence-corrected chi connectivity index (χ0v) is 8.91. The first-order valence-electron chi connectivity index (χ1n) is 3.74. The molecule has 0 saturated carbocycles. The molecule has 0 aliphatic carbocycles. The van der Waals surface area contributed by atoms with Crippen LogP contribution in [0.15, 0.2) is 18.2 Å². The van der Waals surface area contributed by atoms with E-state index in [0.29, 0.717) is 6.61 Å². The van der Waals surface area contributed by atoms with E-state index in [1.165, 1.54) is 3.57 Å². The third kappa shape index (κ3) is 1.28. The Hall–Kier alpha value is -0.0651. The van der Waals surface area contributed by atoms with Gasteiger partial charge in [-0.1, -0.05) is 0 Å². The number of fused-ring (bicyclic) bond motifs is 1. The van der Waals surface area contributed by atoms with Crippen LogP contribution in [0, 0.1) is 3.57 Å². The van der Waals surface area contributed by atoms with Gasteiger partial charge >= 0.3 is 82.3 Å². The Morgan fingerprint density at radius 2 is 2.42 bits per heavy atom. The molecule has 1 aliphatic rings. The topological polar surface area (TPSA) is 29.5 Å². The second-order valence-corrected chi connectivity index (χ2v) is 4.91. The summed E-state index contributed by atoms with van der Waals surface area (Å²) in [6, 6.07) is 6.15. The van der Waals surface area contributed by atoms with E-state index < -0.39 is 7.12 Å². The van der Waals surface area contributed by atoms with Gasteiger partial charge in [-0.25, -0.2) is 0 Å². The first kappa shape index (κ1) is 8.53. The van der Waals surface area contributed by atoms with Gasteiger partial charge in [0.2, 0.25) is 0 Å². The van der Waals surface area contributed by atoms with E-state index in [1.54, 1.807) is 0 Å².